The number of ether oxygens (including phenoxy) is 1. The third kappa shape index (κ3) is 2.86. The molecule has 1 aromatic heterocycles. The minimum atomic E-state index is 0.124. The largest absolute Gasteiger partial charge is 0.377 e. The summed E-state index contributed by atoms with van der Waals surface area (Å²) >= 11 is 0. The van der Waals surface area contributed by atoms with Gasteiger partial charge in [-0.1, -0.05) is 24.3 Å². The Kier molecular flexibility index (Phi) is 4.28. The van der Waals surface area contributed by atoms with Crippen molar-refractivity contribution in [3.63, 3.8) is 0 Å². The molecule has 0 aliphatic rings. The van der Waals surface area contributed by atoms with E-state index in [1.54, 1.807) is 0 Å². The maximum Gasteiger partial charge on any atom is 0.0736 e. The molecule has 0 saturated carbocycles. The SMILES string of the molecule is CNC(COC(C)C)c1nccc2ccccc12. The van der Waals surface area contributed by atoms with Crippen molar-refractivity contribution >= 4 is 10.8 Å². The van der Waals surface area contributed by atoms with Gasteiger partial charge in [-0.25, -0.2) is 0 Å². The highest BCUT2D eigenvalue weighted by Crippen LogP contribution is 2.22. The molecule has 0 saturated heterocycles. The van der Waals surface area contributed by atoms with E-state index in [0.717, 1.165) is 5.69 Å². The van der Waals surface area contributed by atoms with Gasteiger partial charge in [-0.2, -0.15) is 0 Å². The molecule has 2 aromatic rings. The Labute approximate surface area is 108 Å². The predicted molar refractivity (Wildman–Crippen MR) is 74.6 cm³/mol. The monoisotopic (exact) mass is 244 g/mol. The summed E-state index contributed by atoms with van der Waals surface area (Å²) in [5.74, 6) is 0. The fraction of sp³-hybridized carbons (Fsp3) is 0.400. The normalized spacial score (nSPS) is 13.1. The van der Waals surface area contributed by atoms with Gasteiger partial charge in [-0.3, -0.25) is 4.98 Å². The van der Waals surface area contributed by atoms with Crippen LogP contribution in [0.4, 0.5) is 0 Å². The van der Waals surface area contributed by atoms with Gasteiger partial charge >= 0.3 is 0 Å². The molecule has 3 nitrogen and oxygen atoms in total. The predicted octanol–water partition coefficient (Wildman–Crippen LogP) is 2.92. The van der Waals surface area contributed by atoms with Gasteiger partial charge < -0.3 is 10.1 Å². The standard InChI is InChI=1S/C15H20N2O/c1-11(2)18-10-14(16-3)15-13-7-5-4-6-12(13)8-9-17-15/h4-9,11,14,16H,10H2,1-3H3. The average Bonchev–Trinajstić information content (AvgIpc) is 2.39. The third-order valence-corrected chi connectivity index (χ3v) is 2.98. The molecule has 1 N–H and O–H groups in total. The minimum Gasteiger partial charge on any atom is -0.377 e. The fourth-order valence-corrected chi connectivity index (χ4v) is 2.01. The second-order valence-corrected chi connectivity index (χ2v) is 4.64. The quantitative estimate of drug-likeness (QED) is 0.878. The van der Waals surface area contributed by atoms with Gasteiger partial charge in [0.2, 0.25) is 0 Å². The molecule has 3 heteroatoms. The summed E-state index contributed by atoms with van der Waals surface area (Å²) in [6, 6.07) is 10.5. The molecule has 0 spiro atoms. The number of aromatic nitrogens is 1. The van der Waals surface area contributed by atoms with E-state index in [2.05, 4.69) is 22.4 Å². The third-order valence-electron chi connectivity index (χ3n) is 2.98. The van der Waals surface area contributed by atoms with Crippen LogP contribution in [0, 0.1) is 0 Å². The number of fused-ring (bicyclic) bond motifs is 1. The van der Waals surface area contributed by atoms with Gasteiger partial charge in [-0.05, 0) is 32.3 Å². The Hall–Kier alpha value is -1.45. The first kappa shape index (κ1) is 13.0. The molecule has 1 heterocycles. The zero-order chi connectivity index (χ0) is 13.0. The lowest BCUT2D eigenvalue weighted by molar-refractivity contribution is 0.0621. The van der Waals surface area contributed by atoms with Crippen molar-refractivity contribution in [2.75, 3.05) is 13.7 Å². The second-order valence-electron chi connectivity index (χ2n) is 4.64. The number of rotatable bonds is 5. The summed E-state index contributed by atoms with van der Waals surface area (Å²) in [6.45, 7) is 4.72. The Balaban J connectivity index is 2.32. The Bertz CT molecular complexity index is 505. The van der Waals surface area contributed by atoms with Crippen LogP contribution in [0.15, 0.2) is 36.5 Å². The Morgan fingerprint density at radius 2 is 2.00 bits per heavy atom. The van der Waals surface area contributed by atoms with Gasteiger partial charge in [0.15, 0.2) is 0 Å². The van der Waals surface area contributed by atoms with Crippen molar-refractivity contribution in [3.05, 3.63) is 42.2 Å². The molecule has 2 rings (SSSR count). The zero-order valence-electron chi connectivity index (χ0n) is 11.2. The van der Waals surface area contributed by atoms with Gasteiger partial charge in [-0.15, -0.1) is 0 Å². The van der Waals surface area contributed by atoms with Gasteiger partial charge in [0.1, 0.15) is 0 Å². The van der Waals surface area contributed by atoms with Crippen LogP contribution < -0.4 is 5.32 Å². The lowest BCUT2D eigenvalue weighted by Crippen LogP contribution is -2.24. The summed E-state index contributed by atoms with van der Waals surface area (Å²) in [7, 11) is 1.94. The van der Waals surface area contributed by atoms with E-state index in [4.69, 9.17) is 4.74 Å². The zero-order valence-corrected chi connectivity index (χ0v) is 11.2. The second kappa shape index (κ2) is 5.94. The highest BCUT2D eigenvalue weighted by Gasteiger charge is 2.14. The molecule has 1 unspecified atom stereocenters. The molecule has 96 valence electrons. The summed E-state index contributed by atoms with van der Waals surface area (Å²) < 4.78 is 5.70. The number of hydrogen-bond acceptors (Lipinski definition) is 3. The smallest absolute Gasteiger partial charge is 0.0736 e. The Morgan fingerprint density at radius 3 is 2.72 bits per heavy atom. The lowest BCUT2D eigenvalue weighted by Gasteiger charge is -2.19. The first-order chi connectivity index (χ1) is 8.72. The van der Waals surface area contributed by atoms with Crippen LogP contribution in [0.25, 0.3) is 10.8 Å². The molecule has 1 aromatic carbocycles. The van der Waals surface area contributed by atoms with Crippen LogP contribution in [-0.4, -0.2) is 24.7 Å². The van der Waals surface area contributed by atoms with Gasteiger partial charge in [0, 0.05) is 11.6 Å². The van der Waals surface area contributed by atoms with Crippen LogP contribution in [0.2, 0.25) is 0 Å². The molecule has 0 fully saturated rings. The minimum absolute atomic E-state index is 0.124. The highest BCUT2D eigenvalue weighted by molar-refractivity contribution is 5.84. The molecule has 1 atom stereocenters. The fourth-order valence-electron chi connectivity index (χ4n) is 2.01. The number of nitrogens with zero attached hydrogens (tertiary/aromatic N) is 1. The van der Waals surface area contributed by atoms with Crippen molar-refractivity contribution in [1.29, 1.82) is 0 Å². The van der Waals surface area contributed by atoms with Gasteiger partial charge in [0.25, 0.3) is 0 Å². The first-order valence-electron chi connectivity index (χ1n) is 6.35. The molecular formula is C15H20N2O. The molecular weight excluding hydrogens is 224 g/mol. The first-order valence-corrected chi connectivity index (χ1v) is 6.35. The van der Waals surface area contributed by atoms with Crippen LogP contribution in [0.1, 0.15) is 25.6 Å². The topological polar surface area (TPSA) is 34.1 Å². The van der Waals surface area contributed by atoms with Crippen molar-refractivity contribution in [2.24, 2.45) is 0 Å². The van der Waals surface area contributed by atoms with Crippen molar-refractivity contribution in [3.8, 4) is 0 Å². The Morgan fingerprint density at radius 1 is 1.22 bits per heavy atom. The number of benzene rings is 1. The average molecular weight is 244 g/mol. The maximum absolute atomic E-state index is 5.70. The summed E-state index contributed by atoms with van der Waals surface area (Å²) in [4.78, 5) is 4.51. The van der Waals surface area contributed by atoms with Crippen molar-refractivity contribution in [2.45, 2.75) is 26.0 Å². The molecule has 18 heavy (non-hydrogen) atoms. The maximum atomic E-state index is 5.70. The molecule has 0 amide bonds. The van der Waals surface area contributed by atoms with Crippen LogP contribution in [0.3, 0.4) is 0 Å². The highest BCUT2D eigenvalue weighted by atomic mass is 16.5. The number of pyridine rings is 1. The summed E-state index contributed by atoms with van der Waals surface area (Å²) in [6.07, 6.45) is 2.09. The lowest BCUT2D eigenvalue weighted by atomic mass is 10.1. The van der Waals surface area contributed by atoms with E-state index in [1.165, 1.54) is 10.8 Å². The summed E-state index contributed by atoms with van der Waals surface area (Å²) in [5, 5.41) is 5.68. The van der Waals surface area contributed by atoms with Crippen molar-refractivity contribution in [1.82, 2.24) is 10.3 Å². The van der Waals surface area contributed by atoms with Crippen LogP contribution >= 0.6 is 0 Å². The summed E-state index contributed by atoms with van der Waals surface area (Å²) in [5.41, 5.74) is 1.05. The van der Waals surface area contributed by atoms with E-state index in [1.807, 2.05) is 45.3 Å². The van der Waals surface area contributed by atoms with E-state index < -0.39 is 0 Å². The van der Waals surface area contributed by atoms with Crippen molar-refractivity contribution < 1.29 is 4.74 Å². The number of hydrogen-bond donors (Lipinski definition) is 1. The number of nitrogens with one attached hydrogen (secondary N) is 1. The van der Waals surface area contributed by atoms with Crippen LogP contribution in [0.5, 0.6) is 0 Å². The van der Waals surface area contributed by atoms with Gasteiger partial charge in [0.05, 0.1) is 24.4 Å². The molecule has 0 aliphatic heterocycles. The molecule has 0 bridgehead atoms. The van der Waals surface area contributed by atoms with E-state index in [0.29, 0.717) is 6.61 Å². The van der Waals surface area contributed by atoms with E-state index in [-0.39, 0.29) is 12.1 Å². The number of likely N-dealkylation sites (N-methyl/N-ethyl adjacent to an activating group) is 1. The van der Waals surface area contributed by atoms with Crippen LogP contribution in [-0.2, 0) is 4.74 Å². The van der Waals surface area contributed by atoms with E-state index >= 15 is 0 Å². The molecule has 0 radical (unpaired) electrons. The van der Waals surface area contributed by atoms with E-state index in [9.17, 15) is 0 Å². The molecule has 0 aliphatic carbocycles.